The second kappa shape index (κ2) is 5.97. The molecule has 2 aromatic carbocycles. The molecule has 0 aliphatic heterocycles. The zero-order chi connectivity index (χ0) is 14.7. The lowest BCUT2D eigenvalue weighted by atomic mass is 10.1. The predicted octanol–water partition coefficient (Wildman–Crippen LogP) is 3.50. The van der Waals surface area contributed by atoms with E-state index < -0.39 is 0 Å². The number of aryl methyl sites for hydroxylation is 1. The highest BCUT2D eigenvalue weighted by atomic mass is 35.5. The first-order valence-corrected chi connectivity index (χ1v) is 6.70. The summed E-state index contributed by atoms with van der Waals surface area (Å²) in [4.78, 5) is 14.0. The van der Waals surface area contributed by atoms with Gasteiger partial charge in [0.2, 0.25) is 0 Å². The van der Waals surface area contributed by atoms with Gasteiger partial charge in [0.25, 0.3) is 5.91 Å². The predicted molar refractivity (Wildman–Crippen MR) is 82.8 cm³/mol. The number of benzene rings is 2. The minimum absolute atomic E-state index is 0.0552. The quantitative estimate of drug-likeness (QED) is 0.879. The van der Waals surface area contributed by atoms with Crippen molar-refractivity contribution >= 4 is 23.2 Å². The molecule has 0 aliphatic rings. The maximum Gasteiger partial charge on any atom is 0.253 e. The molecule has 0 aliphatic carbocycles. The van der Waals surface area contributed by atoms with Crippen molar-refractivity contribution in [3.63, 3.8) is 0 Å². The molecular formula is C16H17ClN2O. The van der Waals surface area contributed by atoms with Crippen molar-refractivity contribution in [2.45, 2.75) is 13.5 Å². The van der Waals surface area contributed by atoms with Crippen LogP contribution in [0.5, 0.6) is 0 Å². The van der Waals surface area contributed by atoms with Crippen molar-refractivity contribution in [1.29, 1.82) is 0 Å². The number of halogens is 1. The first-order chi connectivity index (χ1) is 9.45. The van der Waals surface area contributed by atoms with Crippen LogP contribution in [0.1, 0.15) is 21.5 Å². The van der Waals surface area contributed by atoms with E-state index in [1.165, 1.54) is 0 Å². The van der Waals surface area contributed by atoms with Crippen molar-refractivity contribution in [2.75, 3.05) is 12.8 Å². The van der Waals surface area contributed by atoms with E-state index in [9.17, 15) is 4.79 Å². The van der Waals surface area contributed by atoms with E-state index in [4.69, 9.17) is 17.3 Å². The van der Waals surface area contributed by atoms with Crippen LogP contribution in [0.4, 0.5) is 5.69 Å². The summed E-state index contributed by atoms with van der Waals surface area (Å²) in [6, 6.07) is 12.9. The lowest BCUT2D eigenvalue weighted by molar-refractivity contribution is 0.0785. The van der Waals surface area contributed by atoms with Gasteiger partial charge < -0.3 is 10.6 Å². The lowest BCUT2D eigenvalue weighted by Gasteiger charge is -2.18. The van der Waals surface area contributed by atoms with Crippen LogP contribution in [0.2, 0.25) is 5.02 Å². The fourth-order valence-corrected chi connectivity index (χ4v) is 2.35. The summed E-state index contributed by atoms with van der Waals surface area (Å²) in [5, 5.41) is 0.670. The Morgan fingerprint density at radius 2 is 2.00 bits per heavy atom. The van der Waals surface area contributed by atoms with Gasteiger partial charge in [-0.15, -0.1) is 0 Å². The number of hydrogen-bond donors (Lipinski definition) is 1. The summed E-state index contributed by atoms with van der Waals surface area (Å²) in [7, 11) is 1.77. The Morgan fingerprint density at radius 1 is 1.25 bits per heavy atom. The molecule has 0 atom stereocenters. The minimum Gasteiger partial charge on any atom is -0.399 e. The fourth-order valence-electron chi connectivity index (χ4n) is 2.14. The first kappa shape index (κ1) is 14.4. The van der Waals surface area contributed by atoms with Crippen molar-refractivity contribution in [2.24, 2.45) is 0 Å². The van der Waals surface area contributed by atoms with Crippen molar-refractivity contribution < 1.29 is 4.79 Å². The van der Waals surface area contributed by atoms with Crippen LogP contribution >= 0.6 is 11.6 Å². The van der Waals surface area contributed by atoms with Crippen LogP contribution in [-0.4, -0.2) is 17.9 Å². The van der Waals surface area contributed by atoms with Crippen molar-refractivity contribution in [1.82, 2.24) is 4.90 Å². The molecule has 2 rings (SSSR count). The van der Waals surface area contributed by atoms with Gasteiger partial charge in [0, 0.05) is 29.9 Å². The van der Waals surface area contributed by atoms with E-state index in [0.29, 0.717) is 22.8 Å². The fraction of sp³-hybridized carbons (Fsp3) is 0.188. The number of carbonyl (C=O) groups is 1. The molecule has 0 bridgehead atoms. The van der Waals surface area contributed by atoms with Crippen LogP contribution in [0.3, 0.4) is 0 Å². The number of nitrogen functional groups attached to an aromatic ring is 1. The van der Waals surface area contributed by atoms with E-state index in [2.05, 4.69) is 0 Å². The molecule has 0 unspecified atom stereocenters. The van der Waals surface area contributed by atoms with Gasteiger partial charge in [0.15, 0.2) is 0 Å². The average Bonchev–Trinajstić information content (AvgIpc) is 2.36. The maximum atomic E-state index is 12.4. The average molecular weight is 289 g/mol. The third-order valence-corrected chi connectivity index (χ3v) is 3.24. The minimum atomic E-state index is -0.0552. The number of anilines is 1. The zero-order valence-electron chi connectivity index (χ0n) is 11.6. The summed E-state index contributed by atoms with van der Waals surface area (Å²) in [5.41, 5.74) is 8.96. The monoisotopic (exact) mass is 288 g/mol. The Bertz CT molecular complexity index is 620. The Morgan fingerprint density at radius 3 is 2.65 bits per heavy atom. The summed E-state index contributed by atoms with van der Waals surface area (Å²) >= 11 is 5.95. The van der Waals surface area contributed by atoms with E-state index >= 15 is 0 Å². The van der Waals surface area contributed by atoms with Gasteiger partial charge in [-0.3, -0.25) is 4.79 Å². The molecule has 0 saturated heterocycles. The molecule has 2 N–H and O–H groups in total. The molecule has 2 aromatic rings. The Kier molecular flexibility index (Phi) is 4.30. The van der Waals surface area contributed by atoms with Crippen LogP contribution in [0.25, 0.3) is 0 Å². The molecule has 0 aromatic heterocycles. The van der Waals surface area contributed by atoms with Crippen LogP contribution in [-0.2, 0) is 6.54 Å². The van der Waals surface area contributed by atoms with E-state index in [1.807, 2.05) is 43.3 Å². The Labute approximate surface area is 124 Å². The second-order valence-electron chi connectivity index (χ2n) is 4.92. The standard InChI is InChI=1S/C16H17ClN2O/c1-11-6-13(9-15(18)7-11)16(20)19(2)10-12-4-3-5-14(17)8-12/h3-9H,10,18H2,1-2H3. The largest absolute Gasteiger partial charge is 0.399 e. The van der Waals surface area contributed by atoms with Gasteiger partial charge in [-0.25, -0.2) is 0 Å². The van der Waals surface area contributed by atoms with Crippen molar-refractivity contribution in [3.05, 3.63) is 64.2 Å². The maximum absolute atomic E-state index is 12.4. The molecule has 1 amide bonds. The number of hydrogen-bond acceptors (Lipinski definition) is 2. The number of nitrogens with two attached hydrogens (primary N) is 1. The summed E-state index contributed by atoms with van der Waals surface area (Å²) < 4.78 is 0. The normalized spacial score (nSPS) is 10.3. The Balaban J connectivity index is 2.16. The summed E-state index contributed by atoms with van der Waals surface area (Å²) in [6.45, 7) is 2.43. The van der Waals surface area contributed by atoms with E-state index in [0.717, 1.165) is 11.1 Å². The SMILES string of the molecule is Cc1cc(N)cc(C(=O)N(C)Cc2cccc(Cl)c2)c1. The molecular weight excluding hydrogens is 272 g/mol. The lowest BCUT2D eigenvalue weighted by Crippen LogP contribution is -2.26. The van der Waals surface area contributed by atoms with Crippen LogP contribution in [0.15, 0.2) is 42.5 Å². The molecule has 0 fully saturated rings. The van der Waals surface area contributed by atoms with Gasteiger partial charge in [-0.05, 0) is 48.4 Å². The van der Waals surface area contributed by atoms with Gasteiger partial charge in [0.1, 0.15) is 0 Å². The topological polar surface area (TPSA) is 46.3 Å². The molecule has 104 valence electrons. The number of rotatable bonds is 3. The smallest absolute Gasteiger partial charge is 0.253 e. The second-order valence-corrected chi connectivity index (χ2v) is 5.36. The van der Waals surface area contributed by atoms with E-state index in [-0.39, 0.29) is 5.91 Å². The van der Waals surface area contributed by atoms with Crippen LogP contribution in [0, 0.1) is 6.92 Å². The first-order valence-electron chi connectivity index (χ1n) is 6.33. The third kappa shape index (κ3) is 3.52. The number of carbonyl (C=O) groups excluding carboxylic acids is 1. The molecule has 0 heterocycles. The number of nitrogens with zero attached hydrogens (tertiary/aromatic N) is 1. The van der Waals surface area contributed by atoms with Gasteiger partial charge in [-0.2, -0.15) is 0 Å². The summed E-state index contributed by atoms with van der Waals surface area (Å²) in [5.74, 6) is -0.0552. The molecule has 0 radical (unpaired) electrons. The molecule has 0 saturated carbocycles. The summed E-state index contributed by atoms with van der Waals surface area (Å²) in [6.07, 6.45) is 0. The van der Waals surface area contributed by atoms with Gasteiger partial charge in [0.05, 0.1) is 0 Å². The van der Waals surface area contributed by atoms with Crippen LogP contribution < -0.4 is 5.73 Å². The van der Waals surface area contributed by atoms with Crippen molar-refractivity contribution in [3.8, 4) is 0 Å². The highest BCUT2D eigenvalue weighted by Gasteiger charge is 2.13. The third-order valence-electron chi connectivity index (χ3n) is 3.00. The van der Waals surface area contributed by atoms with E-state index in [1.54, 1.807) is 18.0 Å². The Hall–Kier alpha value is -2.00. The molecule has 0 spiro atoms. The highest BCUT2D eigenvalue weighted by Crippen LogP contribution is 2.16. The number of amides is 1. The molecule has 4 heteroatoms. The highest BCUT2D eigenvalue weighted by molar-refractivity contribution is 6.30. The molecule has 20 heavy (non-hydrogen) atoms. The van der Waals surface area contributed by atoms with Gasteiger partial charge >= 0.3 is 0 Å². The molecule has 3 nitrogen and oxygen atoms in total. The van der Waals surface area contributed by atoms with Gasteiger partial charge in [-0.1, -0.05) is 23.7 Å². The zero-order valence-corrected chi connectivity index (χ0v) is 12.3.